The highest BCUT2D eigenvalue weighted by atomic mass is 31.2. The van der Waals surface area contributed by atoms with Gasteiger partial charge in [0, 0.05) is 12.4 Å². The molecule has 0 aliphatic heterocycles. The van der Waals surface area contributed by atoms with Gasteiger partial charge in [-0.1, -0.05) is 60.7 Å². The molecule has 1 amide bonds. The summed E-state index contributed by atoms with van der Waals surface area (Å²) in [7, 11) is -4.20. The van der Waals surface area contributed by atoms with Crippen LogP contribution in [0.2, 0.25) is 0 Å². The maximum Gasteiger partial charge on any atom is 0.329 e. The molecule has 0 saturated heterocycles. The second-order valence-corrected chi connectivity index (χ2v) is 9.22. The fourth-order valence-electron chi connectivity index (χ4n) is 3.46. The molecule has 0 aliphatic rings. The van der Waals surface area contributed by atoms with E-state index in [-0.39, 0.29) is 17.5 Å². The molecule has 2 aromatic carbocycles. The molecule has 34 heavy (non-hydrogen) atoms. The number of rotatable bonds is 7. The molecule has 0 aliphatic carbocycles. The predicted octanol–water partition coefficient (Wildman–Crippen LogP) is 3.03. The molecule has 4 aromatic rings. The van der Waals surface area contributed by atoms with Crippen molar-refractivity contribution in [3.05, 3.63) is 118 Å². The van der Waals surface area contributed by atoms with Crippen molar-refractivity contribution in [2.24, 2.45) is 0 Å². The van der Waals surface area contributed by atoms with Crippen molar-refractivity contribution in [3.63, 3.8) is 0 Å². The lowest BCUT2D eigenvalue weighted by molar-refractivity contribution is 0.0941. The number of carbonyl (C=O) groups is 1. The molecule has 172 valence electrons. The van der Waals surface area contributed by atoms with E-state index in [2.05, 4.69) is 20.3 Å². The monoisotopic (exact) mass is 476 g/mol. The van der Waals surface area contributed by atoms with E-state index in [4.69, 9.17) is 0 Å². The zero-order chi connectivity index (χ0) is 24.1. The summed E-state index contributed by atoms with van der Waals surface area (Å²) in [6.07, 6.45) is 2.41. The summed E-state index contributed by atoms with van der Waals surface area (Å²) in [5.74, 6) is -0.364. The molecule has 9 nitrogen and oxygen atoms in total. The molecule has 0 bridgehead atoms. The van der Waals surface area contributed by atoms with Crippen LogP contribution in [0.4, 0.5) is 0 Å². The highest BCUT2D eigenvalue weighted by molar-refractivity contribution is 7.50. The third-order valence-electron chi connectivity index (χ3n) is 5.06. The molecule has 0 saturated carbocycles. The Morgan fingerprint density at radius 3 is 2.24 bits per heavy atom. The first kappa shape index (κ1) is 23.3. The zero-order valence-corrected chi connectivity index (χ0v) is 18.7. The van der Waals surface area contributed by atoms with Gasteiger partial charge in [-0.15, -0.1) is 0 Å². The topological polar surface area (TPSA) is 145 Å². The molecule has 4 rings (SSSR count). The first-order chi connectivity index (χ1) is 16.3. The first-order valence-electron chi connectivity index (χ1n) is 10.3. The van der Waals surface area contributed by atoms with Crippen molar-refractivity contribution in [2.45, 2.75) is 12.2 Å². The van der Waals surface area contributed by atoms with E-state index in [0.29, 0.717) is 16.8 Å². The van der Waals surface area contributed by atoms with Crippen LogP contribution in [0.25, 0.3) is 11.5 Å². The average molecular weight is 476 g/mol. The van der Waals surface area contributed by atoms with E-state index >= 15 is 0 Å². The molecular weight excluding hydrogens is 455 g/mol. The van der Waals surface area contributed by atoms with E-state index < -0.39 is 25.1 Å². The Hall–Kier alpha value is -3.91. The van der Waals surface area contributed by atoms with Crippen molar-refractivity contribution in [2.75, 3.05) is 0 Å². The Bertz CT molecular complexity index is 1390. The zero-order valence-electron chi connectivity index (χ0n) is 17.8. The summed E-state index contributed by atoms with van der Waals surface area (Å²) in [5, 5.41) is 2.87. The van der Waals surface area contributed by atoms with E-state index in [1.807, 2.05) is 30.3 Å². The lowest BCUT2D eigenvalue weighted by Crippen LogP contribution is -2.33. The van der Waals surface area contributed by atoms with Gasteiger partial charge in [0.1, 0.15) is 11.3 Å². The molecule has 2 aromatic heterocycles. The van der Waals surface area contributed by atoms with E-state index in [1.54, 1.807) is 48.7 Å². The van der Waals surface area contributed by atoms with Crippen LogP contribution in [-0.4, -0.2) is 30.6 Å². The summed E-state index contributed by atoms with van der Waals surface area (Å²) in [6.45, 7) is 0. The number of carbonyl (C=O) groups excluding carboxylic acids is 1. The fraction of sp³-hybridized carbons (Fsp3) is 0.0833. The van der Waals surface area contributed by atoms with Crippen LogP contribution in [0.3, 0.4) is 0 Å². The minimum Gasteiger partial charge on any atom is -0.341 e. The lowest BCUT2D eigenvalue weighted by Gasteiger charge is -2.20. The Morgan fingerprint density at radius 1 is 0.941 bits per heavy atom. The van der Waals surface area contributed by atoms with Gasteiger partial charge in [0.05, 0.1) is 12.2 Å². The molecule has 1 atom stereocenters. The van der Waals surface area contributed by atoms with Crippen LogP contribution in [0.15, 0.2) is 90.0 Å². The van der Waals surface area contributed by atoms with Crippen LogP contribution in [0.1, 0.15) is 33.1 Å². The van der Waals surface area contributed by atoms with Gasteiger partial charge in [0.2, 0.25) is 0 Å². The minimum absolute atomic E-state index is 0.154. The highest BCUT2D eigenvalue weighted by Gasteiger charge is 2.21. The Morgan fingerprint density at radius 2 is 1.62 bits per heavy atom. The number of hydrogen-bond acceptors (Lipinski definition) is 5. The number of amides is 1. The lowest BCUT2D eigenvalue weighted by atomic mass is 9.97. The third kappa shape index (κ3) is 5.71. The molecule has 0 fully saturated rings. The summed E-state index contributed by atoms with van der Waals surface area (Å²) in [5.41, 5.74) is 1.65. The summed E-state index contributed by atoms with van der Waals surface area (Å²) in [6, 6.07) is 20.3. The van der Waals surface area contributed by atoms with Crippen LogP contribution in [-0.2, 0) is 10.7 Å². The van der Waals surface area contributed by atoms with Crippen molar-refractivity contribution >= 4 is 13.5 Å². The van der Waals surface area contributed by atoms with Gasteiger partial charge in [0.15, 0.2) is 5.82 Å². The summed E-state index contributed by atoms with van der Waals surface area (Å²) in [4.78, 5) is 55.0. The quantitative estimate of drug-likeness (QED) is 0.300. The van der Waals surface area contributed by atoms with Crippen molar-refractivity contribution < 1.29 is 19.1 Å². The van der Waals surface area contributed by atoms with Gasteiger partial charge in [-0.2, -0.15) is 0 Å². The molecule has 0 spiro atoms. The minimum atomic E-state index is -4.20. The Labute approximate surface area is 194 Å². The Balaban J connectivity index is 1.62. The summed E-state index contributed by atoms with van der Waals surface area (Å²) < 4.78 is 11.3. The largest absolute Gasteiger partial charge is 0.341 e. The molecule has 0 radical (unpaired) electrons. The molecule has 1 unspecified atom stereocenters. The van der Waals surface area contributed by atoms with E-state index in [0.717, 1.165) is 5.56 Å². The fourth-order valence-corrected chi connectivity index (χ4v) is 4.14. The normalized spacial score (nSPS) is 12.2. The van der Waals surface area contributed by atoms with Crippen LogP contribution in [0, 0.1) is 0 Å². The maximum absolute atomic E-state index is 13.0. The SMILES string of the molecule is O=C(NC(c1ccccc1)c1ccc(CP(=O)(O)O)cc1)c1cnc(-c2ccccn2)[nH]c1=O. The van der Waals surface area contributed by atoms with Crippen LogP contribution in [0.5, 0.6) is 0 Å². The highest BCUT2D eigenvalue weighted by Crippen LogP contribution is 2.39. The predicted molar refractivity (Wildman–Crippen MR) is 126 cm³/mol. The number of hydrogen-bond donors (Lipinski definition) is 4. The van der Waals surface area contributed by atoms with Crippen molar-refractivity contribution in [1.82, 2.24) is 20.3 Å². The number of aromatic nitrogens is 3. The average Bonchev–Trinajstić information content (AvgIpc) is 2.83. The van der Waals surface area contributed by atoms with Gasteiger partial charge in [-0.05, 0) is 28.8 Å². The van der Waals surface area contributed by atoms with Crippen molar-refractivity contribution in [3.8, 4) is 11.5 Å². The molecule has 10 heteroatoms. The smallest absolute Gasteiger partial charge is 0.329 e. The van der Waals surface area contributed by atoms with Gasteiger partial charge >= 0.3 is 7.60 Å². The number of aromatic amines is 1. The summed E-state index contributed by atoms with van der Waals surface area (Å²) >= 11 is 0. The second kappa shape index (κ2) is 9.93. The first-order valence-corrected chi connectivity index (χ1v) is 12.1. The maximum atomic E-state index is 13.0. The third-order valence-corrected chi connectivity index (χ3v) is 5.84. The van der Waals surface area contributed by atoms with E-state index in [9.17, 15) is 23.9 Å². The van der Waals surface area contributed by atoms with Gasteiger partial charge < -0.3 is 20.1 Å². The number of pyridine rings is 1. The number of nitrogens with zero attached hydrogens (tertiary/aromatic N) is 2. The molecular formula is C24H21N4O5P. The standard InChI is InChI=1S/C24H21N4O5P/c29-23(19-14-26-22(28-24(19)30)20-8-4-5-13-25-20)27-21(17-6-2-1-3-7-17)18-11-9-16(10-12-18)15-34(31,32)33/h1-14,21H,15H2,(H,27,29)(H,26,28,30)(H2,31,32,33). The van der Waals surface area contributed by atoms with Gasteiger partial charge in [0.25, 0.3) is 11.5 Å². The van der Waals surface area contributed by atoms with Crippen LogP contribution < -0.4 is 10.9 Å². The number of H-pyrrole nitrogens is 1. The number of nitrogens with one attached hydrogen (secondary N) is 2. The van der Waals surface area contributed by atoms with Gasteiger partial charge in [-0.3, -0.25) is 19.1 Å². The van der Waals surface area contributed by atoms with Crippen LogP contribution >= 0.6 is 7.60 Å². The second-order valence-electron chi connectivity index (χ2n) is 7.57. The van der Waals surface area contributed by atoms with E-state index in [1.165, 1.54) is 6.20 Å². The molecule has 4 N–H and O–H groups in total. The Kier molecular flexibility index (Phi) is 6.79. The van der Waals surface area contributed by atoms with Crippen molar-refractivity contribution in [1.29, 1.82) is 0 Å². The molecule has 2 heterocycles. The number of benzene rings is 2. The van der Waals surface area contributed by atoms with Gasteiger partial charge in [-0.25, -0.2) is 4.98 Å².